The Labute approximate surface area is 154 Å². The van der Waals surface area contributed by atoms with Crippen LogP contribution in [0, 0.1) is 5.41 Å². The molecular weight excluding hydrogens is 334 g/mol. The van der Waals surface area contributed by atoms with Gasteiger partial charge < -0.3 is 19.9 Å². The lowest BCUT2D eigenvalue weighted by Crippen LogP contribution is -2.40. The van der Waals surface area contributed by atoms with E-state index in [1.807, 2.05) is 6.92 Å². The second-order valence-corrected chi connectivity index (χ2v) is 6.77. The van der Waals surface area contributed by atoms with E-state index in [1.165, 1.54) is 13.2 Å². The Bertz CT molecular complexity index is 623. The highest BCUT2D eigenvalue weighted by Gasteiger charge is 2.40. The third kappa shape index (κ3) is 4.97. The van der Waals surface area contributed by atoms with Crippen LogP contribution in [-0.2, 0) is 16.0 Å². The Morgan fingerprint density at radius 3 is 2.62 bits per heavy atom. The van der Waals surface area contributed by atoms with Crippen molar-refractivity contribution in [3.8, 4) is 5.75 Å². The molecule has 2 rings (SSSR count). The minimum atomic E-state index is -0.986. The molecule has 1 aliphatic rings. The summed E-state index contributed by atoms with van der Waals surface area (Å²) >= 11 is 0. The number of benzene rings is 1. The predicted molar refractivity (Wildman–Crippen MR) is 98.7 cm³/mol. The SMILES string of the molecule is CCOCCC1(C(=O)NCCc2ccc(C(=O)O)cc2OC)CCCC1. The Hall–Kier alpha value is -2.08. The first kappa shape index (κ1) is 20.2. The Morgan fingerprint density at radius 2 is 2.00 bits per heavy atom. The van der Waals surface area contributed by atoms with Crippen molar-refractivity contribution in [1.82, 2.24) is 5.32 Å². The smallest absolute Gasteiger partial charge is 0.335 e. The van der Waals surface area contributed by atoms with Crippen molar-refractivity contribution in [2.24, 2.45) is 5.41 Å². The van der Waals surface area contributed by atoms with Crippen LogP contribution in [0.4, 0.5) is 0 Å². The quantitative estimate of drug-likeness (QED) is 0.624. The lowest BCUT2D eigenvalue weighted by molar-refractivity contribution is -0.132. The van der Waals surface area contributed by atoms with E-state index in [1.54, 1.807) is 12.1 Å². The number of hydrogen-bond acceptors (Lipinski definition) is 4. The number of methoxy groups -OCH3 is 1. The number of nitrogens with one attached hydrogen (secondary N) is 1. The van der Waals surface area contributed by atoms with E-state index in [0.717, 1.165) is 37.7 Å². The van der Waals surface area contributed by atoms with Crippen molar-refractivity contribution >= 4 is 11.9 Å². The van der Waals surface area contributed by atoms with Gasteiger partial charge in [-0.25, -0.2) is 4.79 Å². The average molecular weight is 363 g/mol. The fraction of sp³-hybridized carbons (Fsp3) is 0.600. The van der Waals surface area contributed by atoms with Crippen LogP contribution in [0.3, 0.4) is 0 Å². The molecule has 0 heterocycles. The molecule has 1 saturated carbocycles. The van der Waals surface area contributed by atoms with E-state index < -0.39 is 5.97 Å². The molecule has 0 spiro atoms. The van der Waals surface area contributed by atoms with Gasteiger partial charge in [0.05, 0.1) is 18.1 Å². The van der Waals surface area contributed by atoms with Gasteiger partial charge in [-0.05, 0) is 50.3 Å². The summed E-state index contributed by atoms with van der Waals surface area (Å²) in [6, 6.07) is 4.82. The van der Waals surface area contributed by atoms with Gasteiger partial charge in [-0.1, -0.05) is 18.9 Å². The Kier molecular flexibility index (Phi) is 7.45. The van der Waals surface area contributed by atoms with Gasteiger partial charge in [0, 0.05) is 19.8 Å². The summed E-state index contributed by atoms with van der Waals surface area (Å²) in [5.74, 6) is -0.345. The molecule has 6 nitrogen and oxygen atoms in total. The number of carboxylic acids is 1. The molecule has 0 aromatic heterocycles. The first-order valence-electron chi connectivity index (χ1n) is 9.28. The molecule has 0 unspecified atom stereocenters. The topological polar surface area (TPSA) is 84.9 Å². The van der Waals surface area contributed by atoms with Gasteiger partial charge in [0.1, 0.15) is 5.75 Å². The molecule has 1 fully saturated rings. The third-order valence-electron chi connectivity index (χ3n) is 5.19. The maximum atomic E-state index is 12.8. The van der Waals surface area contributed by atoms with Crippen molar-refractivity contribution in [1.29, 1.82) is 0 Å². The summed E-state index contributed by atoms with van der Waals surface area (Å²) < 4.78 is 10.7. The summed E-state index contributed by atoms with van der Waals surface area (Å²) in [4.78, 5) is 23.8. The van der Waals surface area contributed by atoms with Crippen LogP contribution in [0.25, 0.3) is 0 Å². The van der Waals surface area contributed by atoms with Gasteiger partial charge in [0.2, 0.25) is 5.91 Å². The number of carbonyl (C=O) groups is 2. The van der Waals surface area contributed by atoms with Gasteiger partial charge in [0.15, 0.2) is 0 Å². The Morgan fingerprint density at radius 1 is 1.27 bits per heavy atom. The van der Waals surface area contributed by atoms with Crippen molar-refractivity contribution in [3.63, 3.8) is 0 Å². The van der Waals surface area contributed by atoms with E-state index in [-0.39, 0.29) is 16.9 Å². The molecule has 1 aliphatic carbocycles. The average Bonchev–Trinajstić information content (AvgIpc) is 3.12. The molecule has 1 amide bonds. The van der Waals surface area contributed by atoms with Crippen molar-refractivity contribution < 1.29 is 24.2 Å². The number of carbonyl (C=O) groups excluding carboxylic acids is 1. The number of ether oxygens (including phenoxy) is 2. The van der Waals surface area contributed by atoms with E-state index in [9.17, 15) is 9.59 Å². The number of amides is 1. The van der Waals surface area contributed by atoms with E-state index in [2.05, 4.69) is 5.32 Å². The second-order valence-electron chi connectivity index (χ2n) is 6.77. The van der Waals surface area contributed by atoms with E-state index >= 15 is 0 Å². The summed E-state index contributed by atoms with van der Waals surface area (Å²) in [7, 11) is 1.52. The summed E-state index contributed by atoms with van der Waals surface area (Å²) in [6.07, 6.45) is 5.37. The maximum absolute atomic E-state index is 12.8. The molecule has 0 aliphatic heterocycles. The Balaban J connectivity index is 1.93. The third-order valence-corrected chi connectivity index (χ3v) is 5.19. The van der Waals surface area contributed by atoms with Crippen LogP contribution in [0.15, 0.2) is 18.2 Å². The van der Waals surface area contributed by atoms with Gasteiger partial charge in [-0.3, -0.25) is 4.79 Å². The maximum Gasteiger partial charge on any atom is 0.335 e. The molecule has 26 heavy (non-hydrogen) atoms. The fourth-order valence-corrected chi connectivity index (χ4v) is 3.64. The largest absolute Gasteiger partial charge is 0.496 e. The van der Waals surface area contributed by atoms with Gasteiger partial charge in [0.25, 0.3) is 0 Å². The summed E-state index contributed by atoms with van der Waals surface area (Å²) in [6.45, 7) is 3.75. The number of aromatic carboxylic acids is 1. The number of carboxylic acid groups (broad SMARTS) is 1. The molecule has 0 atom stereocenters. The molecule has 0 saturated heterocycles. The van der Waals surface area contributed by atoms with Crippen LogP contribution in [0.5, 0.6) is 5.75 Å². The van der Waals surface area contributed by atoms with Crippen LogP contribution in [0.1, 0.15) is 54.9 Å². The molecule has 0 radical (unpaired) electrons. The van der Waals surface area contributed by atoms with Crippen molar-refractivity contribution in [2.45, 2.75) is 45.4 Å². The zero-order valence-electron chi connectivity index (χ0n) is 15.7. The van der Waals surface area contributed by atoms with Crippen LogP contribution in [0.2, 0.25) is 0 Å². The highest BCUT2D eigenvalue weighted by molar-refractivity contribution is 5.88. The van der Waals surface area contributed by atoms with Crippen LogP contribution in [-0.4, -0.2) is 43.9 Å². The predicted octanol–water partition coefficient (Wildman–Crippen LogP) is 3.04. The lowest BCUT2D eigenvalue weighted by Gasteiger charge is -2.27. The first-order valence-corrected chi connectivity index (χ1v) is 9.28. The minimum Gasteiger partial charge on any atom is -0.496 e. The molecule has 6 heteroatoms. The highest BCUT2D eigenvalue weighted by atomic mass is 16.5. The number of hydrogen-bond donors (Lipinski definition) is 2. The summed E-state index contributed by atoms with van der Waals surface area (Å²) in [5, 5.41) is 12.1. The summed E-state index contributed by atoms with van der Waals surface area (Å²) in [5.41, 5.74) is 0.773. The van der Waals surface area contributed by atoms with Gasteiger partial charge >= 0.3 is 5.97 Å². The molecule has 0 bridgehead atoms. The second kappa shape index (κ2) is 9.57. The highest BCUT2D eigenvalue weighted by Crippen LogP contribution is 2.41. The first-order chi connectivity index (χ1) is 12.5. The zero-order chi connectivity index (χ0) is 19.0. The molecule has 2 N–H and O–H groups in total. The van der Waals surface area contributed by atoms with E-state index in [4.69, 9.17) is 14.6 Å². The molecule has 144 valence electrons. The normalized spacial score (nSPS) is 15.6. The van der Waals surface area contributed by atoms with Gasteiger partial charge in [-0.15, -0.1) is 0 Å². The van der Waals surface area contributed by atoms with Crippen LogP contribution < -0.4 is 10.1 Å². The molecule has 1 aromatic rings. The minimum absolute atomic E-state index is 0.107. The van der Waals surface area contributed by atoms with Crippen molar-refractivity contribution in [3.05, 3.63) is 29.3 Å². The van der Waals surface area contributed by atoms with Gasteiger partial charge in [-0.2, -0.15) is 0 Å². The van der Waals surface area contributed by atoms with Crippen LogP contribution >= 0.6 is 0 Å². The fourth-order valence-electron chi connectivity index (χ4n) is 3.64. The molecule has 1 aromatic carbocycles. The van der Waals surface area contributed by atoms with E-state index in [0.29, 0.717) is 31.9 Å². The zero-order valence-corrected chi connectivity index (χ0v) is 15.7. The monoisotopic (exact) mass is 363 g/mol. The molecular formula is C20H29NO5. The standard InChI is InChI=1S/C20H29NO5/c1-3-26-13-11-20(9-4-5-10-20)19(24)21-12-8-15-6-7-16(18(22)23)14-17(15)25-2/h6-7,14H,3-5,8-13H2,1-2H3,(H,21,24)(H,22,23). The number of rotatable bonds is 10. The van der Waals surface area contributed by atoms with Crippen molar-refractivity contribution in [2.75, 3.05) is 26.9 Å². The lowest BCUT2D eigenvalue weighted by atomic mass is 9.82.